The summed E-state index contributed by atoms with van der Waals surface area (Å²) in [5, 5.41) is 4.05. The van der Waals surface area contributed by atoms with Gasteiger partial charge in [-0.1, -0.05) is 12.1 Å². The number of ether oxygens (including phenoxy) is 1. The molecule has 2 aromatic heterocycles. The van der Waals surface area contributed by atoms with Crippen LogP contribution in [0.4, 0.5) is 4.79 Å². The maximum Gasteiger partial charge on any atom is 0.410 e. The molecule has 4 rings (SSSR count). The first-order chi connectivity index (χ1) is 14.3. The molecule has 2 amide bonds. The number of likely N-dealkylation sites (tertiary alicyclic amines) is 1. The SMILES string of the molecule is CC(C)(C)OC(=O)N1CCC(NC(=O)c2ccc(-c3nc4ccccc4s3)s2)CC1. The first-order valence-electron chi connectivity index (χ1n) is 10.0. The normalized spacial score (nSPS) is 15.4. The van der Waals surface area contributed by atoms with Gasteiger partial charge < -0.3 is 15.0 Å². The zero-order valence-corrected chi connectivity index (χ0v) is 18.9. The summed E-state index contributed by atoms with van der Waals surface area (Å²) in [4.78, 5) is 33.0. The van der Waals surface area contributed by atoms with Crippen molar-refractivity contribution < 1.29 is 14.3 Å². The molecule has 1 fully saturated rings. The second-order valence-electron chi connectivity index (χ2n) is 8.37. The number of aromatic nitrogens is 1. The summed E-state index contributed by atoms with van der Waals surface area (Å²) in [5.74, 6) is -0.0666. The monoisotopic (exact) mass is 443 g/mol. The maximum atomic E-state index is 12.7. The van der Waals surface area contributed by atoms with Crippen molar-refractivity contribution in [1.82, 2.24) is 15.2 Å². The molecule has 0 aliphatic carbocycles. The Labute approximate surface area is 183 Å². The molecule has 0 spiro atoms. The van der Waals surface area contributed by atoms with Crippen molar-refractivity contribution in [2.75, 3.05) is 13.1 Å². The number of carbonyl (C=O) groups is 2. The third-order valence-electron chi connectivity index (χ3n) is 4.82. The summed E-state index contributed by atoms with van der Waals surface area (Å²) in [5.41, 5.74) is 0.483. The first kappa shape index (κ1) is 20.8. The Morgan fingerprint density at radius 1 is 1.10 bits per heavy atom. The molecule has 0 bridgehead atoms. The van der Waals surface area contributed by atoms with Crippen LogP contribution in [-0.2, 0) is 4.74 Å². The van der Waals surface area contributed by atoms with E-state index in [4.69, 9.17) is 4.74 Å². The molecular weight excluding hydrogens is 418 g/mol. The fourth-order valence-electron chi connectivity index (χ4n) is 3.34. The molecule has 1 aromatic carbocycles. The van der Waals surface area contributed by atoms with Crippen LogP contribution in [0.25, 0.3) is 20.1 Å². The van der Waals surface area contributed by atoms with Crippen molar-refractivity contribution in [3.8, 4) is 9.88 Å². The number of hydrogen-bond donors (Lipinski definition) is 1. The number of nitrogens with one attached hydrogen (secondary N) is 1. The van der Waals surface area contributed by atoms with Gasteiger partial charge in [0.25, 0.3) is 5.91 Å². The first-order valence-corrected chi connectivity index (χ1v) is 11.7. The minimum absolute atomic E-state index is 0.0594. The molecule has 1 aliphatic rings. The van der Waals surface area contributed by atoms with Crippen LogP contribution in [0.2, 0.25) is 0 Å². The molecule has 0 radical (unpaired) electrons. The van der Waals surface area contributed by atoms with Gasteiger partial charge in [-0.15, -0.1) is 22.7 Å². The number of carbonyl (C=O) groups excluding carboxylic acids is 2. The van der Waals surface area contributed by atoms with Crippen LogP contribution >= 0.6 is 22.7 Å². The van der Waals surface area contributed by atoms with Crippen LogP contribution in [0.1, 0.15) is 43.3 Å². The minimum atomic E-state index is -0.498. The molecule has 30 heavy (non-hydrogen) atoms. The van der Waals surface area contributed by atoms with Crippen molar-refractivity contribution in [3.05, 3.63) is 41.3 Å². The van der Waals surface area contributed by atoms with Gasteiger partial charge in [0, 0.05) is 19.1 Å². The number of hydrogen-bond acceptors (Lipinski definition) is 6. The second-order valence-corrected chi connectivity index (χ2v) is 10.5. The molecule has 1 saturated heterocycles. The number of piperidine rings is 1. The van der Waals surface area contributed by atoms with E-state index in [1.54, 1.807) is 16.2 Å². The average Bonchev–Trinajstić information content (AvgIpc) is 3.34. The average molecular weight is 444 g/mol. The molecule has 1 N–H and O–H groups in total. The second kappa shape index (κ2) is 8.35. The van der Waals surface area contributed by atoms with Crippen LogP contribution in [0.15, 0.2) is 36.4 Å². The number of benzene rings is 1. The van der Waals surface area contributed by atoms with E-state index in [-0.39, 0.29) is 18.0 Å². The van der Waals surface area contributed by atoms with Gasteiger partial charge in [-0.2, -0.15) is 0 Å². The van der Waals surface area contributed by atoms with Crippen LogP contribution in [0.5, 0.6) is 0 Å². The lowest BCUT2D eigenvalue weighted by atomic mass is 10.1. The van der Waals surface area contributed by atoms with Crippen LogP contribution in [0.3, 0.4) is 0 Å². The highest BCUT2D eigenvalue weighted by molar-refractivity contribution is 7.26. The zero-order chi connectivity index (χ0) is 21.3. The standard InChI is InChI=1S/C22H25N3O3S2/c1-22(2,3)28-21(27)25-12-10-14(11-13-25)23-19(26)17-8-9-18(29-17)20-24-15-6-4-5-7-16(15)30-20/h4-9,14H,10-13H2,1-3H3,(H,23,26). The van der Waals surface area contributed by atoms with Crippen LogP contribution in [-0.4, -0.2) is 46.6 Å². The molecule has 3 heterocycles. The van der Waals surface area contributed by atoms with E-state index in [9.17, 15) is 9.59 Å². The van der Waals surface area contributed by atoms with Crippen molar-refractivity contribution >= 4 is 44.9 Å². The summed E-state index contributed by atoms with van der Waals surface area (Å²) in [6.07, 6.45) is 1.16. The van der Waals surface area contributed by atoms with E-state index in [2.05, 4.69) is 16.4 Å². The van der Waals surface area contributed by atoms with Gasteiger partial charge in [-0.05, 0) is 57.9 Å². The lowest BCUT2D eigenvalue weighted by Crippen LogP contribution is -2.47. The maximum absolute atomic E-state index is 12.7. The van der Waals surface area contributed by atoms with Crippen molar-refractivity contribution in [3.63, 3.8) is 0 Å². The molecule has 0 unspecified atom stereocenters. The fraction of sp³-hybridized carbons (Fsp3) is 0.409. The van der Waals surface area contributed by atoms with Crippen LogP contribution < -0.4 is 5.32 Å². The number of rotatable bonds is 3. The van der Waals surface area contributed by atoms with Gasteiger partial charge in [0.15, 0.2) is 0 Å². The van der Waals surface area contributed by atoms with E-state index in [0.717, 1.165) is 32.9 Å². The Balaban J connectivity index is 1.33. The lowest BCUT2D eigenvalue weighted by molar-refractivity contribution is 0.0200. The van der Waals surface area contributed by atoms with Crippen LogP contribution in [0, 0.1) is 0 Å². The van der Waals surface area contributed by atoms with E-state index >= 15 is 0 Å². The Morgan fingerprint density at radius 2 is 1.83 bits per heavy atom. The Bertz CT molecular complexity index is 1030. The Hall–Kier alpha value is -2.45. The number of fused-ring (bicyclic) bond motifs is 1. The molecule has 1 aliphatic heterocycles. The van der Waals surface area contributed by atoms with Crippen molar-refractivity contribution in [2.45, 2.75) is 45.3 Å². The van der Waals surface area contributed by atoms with E-state index in [1.807, 2.05) is 51.1 Å². The third kappa shape index (κ3) is 4.82. The number of para-hydroxylation sites is 1. The Morgan fingerprint density at radius 3 is 2.53 bits per heavy atom. The highest BCUT2D eigenvalue weighted by Gasteiger charge is 2.28. The predicted octanol–water partition coefficient (Wildman–Crippen LogP) is 5.15. The molecule has 6 nitrogen and oxygen atoms in total. The van der Waals surface area contributed by atoms with Gasteiger partial charge in [0.1, 0.15) is 10.6 Å². The summed E-state index contributed by atoms with van der Waals surface area (Å²) >= 11 is 3.10. The number of amides is 2. The largest absolute Gasteiger partial charge is 0.444 e. The highest BCUT2D eigenvalue weighted by atomic mass is 32.1. The topological polar surface area (TPSA) is 71.5 Å². The van der Waals surface area contributed by atoms with E-state index in [1.165, 1.54) is 11.3 Å². The van der Waals surface area contributed by atoms with Gasteiger partial charge in [0.2, 0.25) is 0 Å². The fourth-order valence-corrected chi connectivity index (χ4v) is 5.27. The predicted molar refractivity (Wildman–Crippen MR) is 121 cm³/mol. The van der Waals surface area contributed by atoms with Crippen molar-refractivity contribution in [2.24, 2.45) is 0 Å². The van der Waals surface area contributed by atoms with Gasteiger partial charge in [-0.25, -0.2) is 9.78 Å². The lowest BCUT2D eigenvalue weighted by Gasteiger charge is -2.33. The molecule has 158 valence electrons. The minimum Gasteiger partial charge on any atom is -0.444 e. The summed E-state index contributed by atoms with van der Waals surface area (Å²) < 4.78 is 6.57. The smallest absolute Gasteiger partial charge is 0.410 e. The summed E-state index contributed by atoms with van der Waals surface area (Å²) in [6, 6.07) is 11.9. The van der Waals surface area contributed by atoms with E-state index < -0.39 is 5.60 Å². The summed E-state index contributed by atoms with van der Waals surface area (Å²) in [6.45, 7) is 6.76. The number of thiophene rings is 1. The van der Waals surface area contributed by atoms with Crippen molar-refractivity contribution in [1.29, 1.82) is 0 Å². The number of nitrogens with zero attached hydrogens (tertiary/aromatic N) is 2. The van der Waals surface area contributed by atoms with Gasteiger partial charge in [0.05, 0.1) is 20.0 Å². The zero-order valence-electron chi connectivity index (χ0n) is 17.3. The molecular formula is C22H25N3O3S2. The molecule has 0 atom stereocenters. The van der Waals surface area contributed by atoms with Gasteiger partial charge in [-0.3, -0.25) is 4.79 Å². The summed E-state index contributed by atoms with van der Waals surface area (Å²) in [7, 11) is 0. The molecule has 8 heteroatoms. The number of thiazole rings is 1. The molecule has 0 saturated carbocycles. The van der Waals surface area contributed by atoms with E-state index in [0.29, 0.717) is 18.0 Å². The highest BCUT2D eigenvalue weighted by Crippen LogP contribution is 2.34. The third-order valence-corrected chi connectivity index (χ3v) is 7.11. The Kier molecular flexibility index (Phi) is 5.79. The quantitative estimate of drug-likeness (QED) is 0.607. The molecule has 3 aromatic rings. The van der Waals surface area contributed by atoms with Gasteiger partial charge >= 0.3 is 6.09 Å².